The lowest BCUT2D eigenvalue weighted by atomic mass is 10.4. The number of pyridine rings is 1. The Hall–Kier alpha value is -1.22. The lowest BCUT2D eigenvalue weighted by Gasteiger charge is -2.05. The molecule has 0 unspecified atom stereocenters. The molecule has 0 saturated heterocycles. The first-order chi connectivity index (χ1) is 8.27. The molecule has 0 aliphatic carbocycles. The van der Waals surface area contributed by atoms with Gasteiger partial charge in [-0.1, -0.05) is 6.07 Å². The number of hydrogen-bond donors (Lipinski definition) is 0. The van der Waals surface area contributed by atoms with Crippen LogP contribution in [0.2, 0.25) is 0 Å². The van der Waals surface area contributed by atoms with Gasteiger partial charge < -0.3 is 4.90 Å². The van der Waals surface area contributed by atoms with Crippen molar-refractivity contribution in [3.63, 3.8) is 0 Å². The van der Waals surface area contributed by atoms with Gasteiger partial charge in [0.15, 0.2) is 0 Å². The SMILES string of the molecule is CCN=C=NCCCN(C)C.Cl.c1ccncc1. The third kappa shape index (κ3) is 17.2. The number of aliphatic imine (C=N–C) groups is 2. The van der Waals surface area contributed by atoms with E-state index in [1.165, 1.54) is 0 Å². The fourth-order valence-corrected chi connectivity index (χ4v) is 0.949. The van der Waals surface area contributed by atoms with E-state index in [4.69, 9.17) is 0 Å². The summed E-state index contributed by atoms with van der Waals surface area (Å²) in [5.74, 6) is 0. The summed E-state index contributed by atoms with van der Waals surface area (Å²) < 4.78 is 0. The third-order valence-corrected chi connectivity index (χ3v) is 1.74. The first-order valence-corrected chi connectivity index (χ1v) is 5.85. The highest BCUT2D eigenvalue weighted by molar-refractivity contribution is 5.85. The molecule has 1 aromatic rings. The van der Waals surface area contributed by atoms with E-state index in [1.807, 2.05) is 25.1 Å². The van der Waals surface area contributed by atoms with Crippen molar-refractivity contribution in [1.82, 2.24) is 9.88 Å². The van der Waals surface area contributed by atoms with Gasteiger partial charge in [-0.25, -0.2) is 9.98 Å². The van der Waals surface area contributed by atoms with Crippen LogP contribution in [0.5, 0.6) is 0 Å². The van der Waals surface area contributed by atoms with Crippen LogP contribution in [0.15, 0.2) is 40.6 Å². The zero-order chi connectivity index (χ0) is 12.8. The molecule has 0 saturated carbocycles. The summed E-state index contributed by atoms with van der Waals surface area (Å²) in [6.45, 7) is 4.67. The third-order valence-electron chi connectivity index (χ3n) is 1.74. The second-order valence-electron chi connectivity index (χ2n) is 3.64. The summed E-state index contributed by atoms with van der Waals surface area (Å²) in [5, 5.41) is 0. The minimum absolute atomic E-state index is 0. The predicted octanol–water partition coefficient (Wildman–Crippen LogP) is 2.64. The summed E-state index contributed by atoms with van der Waals surface area (Å²) in [7, 11) is 4.12. The van der Waals surface area contributed by atoms with Crippen molar-refractivity contribution in [3.05, 3.63) is 30.6 Å². The van der Waals surface area contributed by atoms with E-state index in [1.54, 1.807) is 12.4 Å². The van der Waals surface area contributed by atoms with Crippen LogP contribution in [-0.2, 0) is 0 Å². The number of aromatic nitrogens is 1. The fourth-order valence-electron chi connectivity index (χ4n) is 0.949. The minimum atomic E-state index is 0. The Morgan fingerprint density at radius 3 is 2.17 bits per heavy atom. The quantitative estimate of drug-likeness (QED) is 0.610. The summed E-state index contributed by atoms with van der Waals surface area (Å²) in [6, 6.07) is 8.36. The maximum absolute atomic E-state index is 3.99. The minimum Gasteiger partial charge on any atom is -0.309 e. The standard InChI is InChI=1S/C8H17N3.C5H5N.ClH/c1-4-9-8-10-6-5-7-11(2)3;1-2-4-6-5-3-1;/h4-7H2,1-3H3;1-5H;1H. The van der Waals surface area contributed by atoms with Crippen LogP contribution in [0.1, 0.15) is 13.3 Å². The van der Waals surface area contributed by atoms with Gasteiger partial charge in [-0.2, -0.15) is 0 Å². The van der Waals surface area contributed by atoms with Gasteiger partial charge in [0.2, 0.25) is 0 Å². The van der Waals surface area contributed by atoms with E-state index < -0.39 is 0 Å². The molecule has 0 aliphatic heterocycles. The Morgan fingerprint density at radius 2 is 1.78 bits per heavy atom. The predicted molar refractivity (Wildman–Crippen MR) is 79.9 cm³/mol. The van der Waals surface area contributed by atoms with E-state index in [9.17, 15) is 0 Å². The lowest BCUT2D eigenvalue weighted by molar-refractivity contribution is 0.403. The molecule has 0 bridgehead atoms. The molecule has 1 rings (SSSR count). The van der Waals surface area contributed by atoms with Crippen LogP contribution in [-0.4, -0.2) is 49.6 Å². The van der Waals surface area contributed by atoms with Crippen molar-refractivity contribution in [2.24, 2.45) is 9.98 Å². The first-order valence-electron chi connectivity index (χ1n) is 5.85. The van der Waals surface area contributed by atoms with Gasteiger partial charge in [-0.3, -0.25) is 4.98 Å². The van der Waals surface area contributed by atoms with Crippen LogP contribution >= 0.6 is 12.4 Å². The Kier molecular flexibility index (Phi) is 16.8. The van der Waals surface area contributed by atoms with Gasteiger partial charge in [0, 0.05) is 18.9 Å². The van der Waals surface area contributed by atoms with E-state index in [0.29, 0.717) is 0 Å². The van der Waals surface area contributed by atoms with Crippen LogP contribution in [0.3, 0.4) is 0 Å². The van der Waals surface area contributed by atoms with Crippen LogP contribution in [0, 0.1) is 0 Å². The fraction of sp³-hybridized carbons (Fsp3) is 0.538. The molecule has 0 amide bonds. The highest BCUT2D eigenvalue weighted by Crippen LogP contribution is 1.82. The topological polar surface area (TPSA) is 40.9 Å². The second kappa shape index (κ2) is 15.8. The molecule has 0 atom stereocenters. The van der Waals surface area contributed by atoms with Gasteiger partial charge in [0.1, 0.15) is 0 Å². The zero-order valence-electron chi connectivity index (χ0n) is 11.4. The molecule has 1 aromatic heterocycles. The van der Waals surface area contributed by atoms with Gasteiger partial charge in [0.05, 0.1) is 12.6 Å². The van der Waals surface area contributed by atoms with Crippen molar-refractivity contribution in [1.29, 1.82) is 0 Å². The average molecular weight is 271 g/mol. The van der Waals surface area contributed by atoms with Crippen LogP contribution < -0.4 is 0 Å². The molecule has 1 heterocycles. The van der Waals surface area contributed by atoms with Gasteiger partial charge >= 0.3 is 0 Å². The Balaban J connectivity index is 0. The Bertz CT molecular complexity index is 281. The maximum Gasteiger partial charge on any atom is 0.0892 e. The van der Waals surface area contributed by atoms with Crippen molar-refractivity contribution in [3.8, 4) is 0 Å². The average Bonchev–Trinajstić information content (AvgIpc) is 2.36. The number of nitrogens with zero attached hydrogens (tertiary/aromatic N) is 4. The molecule has 18 heavy (non-hydrogen) atoms. The number of rotatable bonds is 5. The van der Waals surface area contributed by atoms with Crippen molar-refractivity contribution >= 4 is 18.4 Å². The van der Waals surface area contributed by atoms with Crippen molar-refractivity contribution < 1.29 is 0 Å². The first kappa shape index (κ1) is 19.1. The molecular weight excluding hydrogens is 248 g/mol. The van der Waals surface area contributed by atoms with Crippen molar-refractivity contribution in [2.45, 2.75) is 13.3 Å². The van der Waals surface area contributed by atoms with Crippen LogP contribution in [0.25, 0.3) is 0 Å². The summed E-state index contributed by atoms with van der Waals surface area (Å²) in [4.78, 5) is 13.8. The Labute approximate surface area is 116 Å². The molecule has 0 aromatic carbocycles. The molecule has 0 radical (unpaired) electrons. The summed E-state index contributed by atoms with van der Waals surface area (Å²) in [5.41, 5.74) is 0. The molecule has 0 spiro atoms. The molecule has 102 valence electrons. The molecule has 0 aliphatic rings. The summed E-state index contributed by atoms with van der Waals surface area (Å²) >= 11 is 0. The normalized spacial score (nSPS) is 8.44. The highest BCUT2D eigenvalue weighted by atomic mass is 35.5. The monoisotopic (exact) mass is 270 g/mol. The smallest absolute Gasteiger partial charge is 0.0892 e. The molecule has 4 nitrogen and oxygen atoms in total. The van der Waals surface area contributed by atoms with Crippen molar-refractivity contribution in [2.75, 3.05) is 33.7 Å². The highest BCUT2D eigenvalue weighted by Gasteiger charge is 1.86. The second-order valence-corrected chi connectivity index (χ2v) is 3.64. The molecular formula is C13H23ClN4. The maximum atomic E-state index is 3.99. The van der Waals surface area contributed by atoms with E-state index in [2.05, 4.69) is 40.0 Å². The number of halogens is 1. The number of hydrogen-bond acceptors (Lipinski definition) is 4. The Morgan fingerprint density at radius 1 is 1.11 bits per heavy atom. The zero-order valence-corrected chi connectivity index (χ0v) is 12.2. The molecule has 0 N–H and O–H groups in total. The van der Waals surface area contributed by atoms with E-state index in [0.717, 1.165) is 26.1 Å². The van der Waals surface area contributed by atoms with E-state index in [-0.39, 0.29) is 12.4 Å². The molecule has 0 fully saturated rings. The largest absolute Gasteiger partial charge is 0.309 e. The van der Waals surface area contributed by atoms with Gasteiger partial charge in [-0.05, 0) is 46.1 Å². The molecule has 5 heteroatoms. The lowest BCUT2D eigenvalue weighted by Crippen LogP contribution is -2.13. The summed E-state index contributed by atoms with van der Waals surface area (Å²) in [6.07, 6.45) is 4.58. The van der Waals surface area contributed by atoms with E-state index >= 15 is 0 Å². The van der Waals surface area contributed by atoms with Gasteiger partial charge in [0.25, 0.3) is 0 Å². The van der Waals surface area contributed by atoms with Crippen LogP contribution in [0.4, 0.5) is 0 Å². The van der Waals surface area contributed by atoms with Gasteiger partial charge in [-0.15, -0.1) is 12.4 Å².